The van der Waals surface area contributed by atoms with E-state index >= 15 is 0 Å². The molecule has 0 fully saturated rings. The normalized spacial score (nSPS) is 11.7. The number of rotatable bonds is 4. The first kappa shape index (κ1) is 24.2. The Labute approximate surface area is 253 Å². The predicted octanol–water partition coefficient (Wildman–Crippen LogP) is 11.8. The molecule has 2 nitrogen and oxygen atoms in total. The molecule has 0 aliphatic rings. The van der Waals surface area contributed by atoms with Crippen LogP contribution in [0.5, 0.6) is 0 Å². The summed E-state index contributed by atoms with van der Waals surface area (Å²) < 4.78 is 5.13. The zero-order valence-electron chi connectivity index (χ0n) is 23.3. The topological polar surface area (TPSA) is 8.17 Å². The smallest absolute Gasteiger partial charge is 0.0548 e. The third kappa shape index (κ3) is 3.72. The maximum atomic E-state index is 2.44. The van der Waals surface area contributed by atoms with E-state index in [9.17, 15) is 0 Å². The number of para-hydroxylation sites is 3. The molecule has 7 aromatic carbocycles. The minimum atomic E-state index is 1.12. The molecule has 0 bridgehead atoms. The monoisotopic (exact) mass is 566 g/mol. The molecule has 2 aromatic heterocycles. The zero-order chi connectivity index (χ0) is 28.3. The highest BCUT2D eigenvalue weighted by atomic mass is 32.1. The van der Waals surface area contributed by atoms with Gasteiger partial charge in [0.05, 0.1) is 11.0 Å². The maximum Gasteiger partial charge on any atom is 0.0548 e. The number of fused-ring (bicyclic) bond motifs is 9. The molecule has 0 aliphatic carbocycles. The Kier molecular flexibility index (Phi) is 5.40. The van der Waals surface area contributed by atoms with Crippen LogP contribution >= 0.6 is 11.3 Å². The van der Waals surface area contributed by atoms with Crippen LogP contribution in [-0.4, -0.2) is 4.57 Å². The first-order valence-electron chi connectivity index (χ1n) is 14.6. The molecule has 0 saturated carbocycles. The van der Waals surface area contributed by atoms with Crippen molar-refractivity contribution in [3.63, 3.8) is 0 Å². The van der Waals surface area contributed by atoms with E-state index in [1.54, 1.807) is 0 Å². The number of nitrogens with zero attached hydrogens (tertiary/aromatic N) is 2. The number of hydrogen-bond acceptors (Lipinski definition) is 2. The van der Waals surface area contributed by atoms with Gasteiger partial charge in [0.25, 0.3) is 0 Å². The maximum absolute atomic E-state index is 2.44. The summed E-state index contributed by atoms with van der Waals surface area (Å²) in [7, 11) is 0. The second-order valence-electron chi connectivity index (χ2n) is 11.0. The average molecular weight is 567 g/mol. The summed E-state index contributed by atoms with van der Waals surface area (Å²) in [4.78, 5) is 2.33. The van der Waals surface area contributed by atoms with Gasteiger partial charge in [-0.2, -0.15) is 0 Å². The Bertz CT molecular complexity index is 2410. The fraction of sp³-hybridized carbons (Fsp3) is 0. The SMILES string of the molecule is c1ccc(N(c2ccccc2)c2cccc(-n3c4ccccc4c4c5c(ccc6c7ccccc7sc65)ccc43)c2)cc1. The summed E-state index contributed by atoms with van der Waals surface area (Å²) in [6.45, 7) is 0. The summed E-state index contributed by atoms with van der Waals surface area (Å²) in [5.41, 5.74) is 6.96. The molecule has 9 rings (SSSR count). The third-order valence-electron chi connectivity index (χ3n) is 8.54. The molecule has 0 aliphatic heterocycles. The van der Waals surface area contributed by atoms with Gasteiger partial charge in [-0.25, -0.2) is 0 Å². The highest BCUT2D eigenvalue weighted by Crippen LogP contribution is 2.45. The molecule has 202 valence electrons. The zero-order valence-corrected chi connectivity index (χ0v) is 24.1. The molecule has 0 saturated heterocycles. The predicted molar refractivity (Wildman–Crippen MR) is 186 cm³/mol. The number of benzene rings is 7. The largest absolute Gasteiger partial charge is 0.310 e. The lowest BCUT2D eigenvalue weighted by molar-refractivity contribution is 1.17. The number of aromatic nitrogens is 1. The van der Waals surface area contributed by atoms with Crippen molar-refractivity contribution < 1.29 is 0 Å². The second-order valence-corrected chi connectivity index (χ2v) is 12.0. The van der Waals surface area contributed by atoms with E-state index in [1.807, 2.05) is 11.3 Å². The van der Waals surface area contributed by atoms with Crippen LogP contribution in [0.3, 0.4) is 0 Å². The van der Waals surface area contributed by atoms with Crippen molar-refractivity contribution in [3.05, 3.63) is 158 Å². The van der Waals surface area contributed by atoms with E-state index < -0.39 is 0 Å². The molecule has 3 heteroatoms. The number of hydrogen-bond donors (Lipinski definition) is 0. The van der Waals surface area contributed by atoms with Gasteiger partial charge in [-0.05, 0) is 66.0 Å². The first-order chi connectivity index (χ1) is 21.3. The molecule has 0 N–H and O–H groups in total. The van der Waals surface area contributed by atoms with Crippen LogP contribution in [0.4, 0.5) is 17.1 Å². The van der Waals surface area contributed by atoms with E-state index in [-0.39, 0.29) is 0 Å². The Morgan fingerprint density at radius 1 is 0.442 bits per heavy atom. The summed E-state index contributed by atoms with van der Waals surface area (Å²) >= 11 is 1.91. The van der Waals surface area contributed by atoms with Gasteiger partial charge in [0.1, 0.15) is 0 Å². The fourth-order valence-corrected chi connectivity index (χ4v) is 7.96. The molecule has 0 radical (unpaired) electrons. The van der Waals surface area contributed by atoms with Crippen LogP contribution < -0.4 is 4.90 Å². The van der Waals surface area contributed by atoms with Crippen molar-refractivity contribution >= 4 is 81.1 Å². The summed E-state index contributed by atoms with van der Waals surface area (Å²) in [6, 6.07) is 57.0. The van der Waals surface area contributed by atoms with Crippen molar-refractivity contribution in [2.75, 3.05) is 4.90 Å². The minimum absolute atomic E-state index is 1.12. The van der Waals surface area contributed by atoms with Crippen molar-refractivity contribution in [3.8, 4) is 5.69 Å². The van der Waals surface area contributed by atoms with Crippen molar-refractivity contribution in [2.45, 2.75) is 0 Å². The third-order valence-corrected chi connectivity index (χ3v) is 9.74. The second kappa shape index (κ2) is 9.59. The van der Waals surface area contributed by atoms with Crippen LogP contribution in [0.15, 0.2) is 158 Å². The van der Waals surface area contributed by atoms with Gasteiger partial charge in [-0.15, -0.1) is 11.3 Å². The Balaban J connectivity index is 1.34. The quantitative estimate of drug-likeness (QED) is 0.206. The van der Waals surface area contributed by atoms with E-state index in [1.165, 1.54) is 52.8 Å². The van der Waals surface area contributed by atoms with Gasteiger partial charge in [0.15, 0.2) is 0 Å². The summed E-state index contributed by atoms with van der Waals surface area (Å²) in [5.74, 6) is 0. The highest BCUT2D eigenvalue weighted by molar-refractivity contribution is 7.26. The molecule has 9 aromatic rings. The van der Waals surface area contributed by atoms with Crippen molar-refractivity contribution in [2.24, 2.45) is 0 Å². The minimum Gasteiger partial charge on any atom is -0.310 e. The molecule has 0 spiro atoms. The molecule has 0 amide bonds. The van der Waals surface area contributed by atoms with Crippen LogP contribution in [0, 0.1) is 0 Å². The molecule has 0 atom stereocenters. The number of anilines is 3. The fourth-order valence-electron chi connectivity index (χ4n) is 6.70. The standard InChI is InChI=1S/C40H26N2S/c1-3-12-28(13-4-1)41(29-14-5-2-6-15-29)30-16-11-17-31(26-30)42-35-20-9-7-19-34(35)39-36(42)25-23-27-22-24-33-32-18-8-10-21-37(32)43-40(33)38(27)39/h1-26H. The van der Waals surface area contributed by atoms with E-state index in [4.69, 9.17) is 0 Å². The van der Waals surface area contributed by atoms with Crippen molar-refractivity contribution in [1.82, 2.24) is 4.57 Å². The molecular formula is C40H26N2S. The van der Waals surface area contributed by atoms with Gasteiger partial charge in [0, 0.05) is 59.1 Å². The lowest BCUT2D eigenvalue weighted by Crippen LogP contribution is -2.10. The molecular weight excluding hydrogens is 541 g/mol. The average Bonchev–Trinajstić information content (AvgIpc) is 3.62. The lowest BCUT2D eigenvalue weighted by atomic mass is 10.0. The first-order valence-corrected chi connectivity index (χ1v) is 15.4. The van der Waals surface area contributed by atoms with E-state index in [0.29, 0.717) is 0 Å². The summed E-state index contributed by atoms with van der Waals surface area (Å²) in [6.07, 6.45) is 0. The lowest BCUT2D eigenvalue weighted by Gasteiger charge is -2.26. The van der Waals surface area contributed by atoms with Gasteiger partial charge < -0.3 is 9.47 Å². The molecule has 0 unspecified atom stereocenters. The molecule has 43 heavy (non-hydrogen) atoms. The van der Waals surface area contributed by atoms with Gasteiger partial charge >= 0.3 is 0 Å². The highest BCUT2D eigenvalue weighted by Gasteiger charge is 2.19. The van der Waals surface area contributed by atoms with Crippen LogP contribution in [0.2, 0.25) is 0 Å². The Morgan fingerprint density at radius 2 is 1.09 bits per heavy atom. The van der Waals surface area contributed by atoms with Gasteiger partial charge in [-0.1, -0.05) is 97.1 Å². The summed E-state index contributed by atoms with van der Waals surface area (Å²) in [5, 5.41) is 7.89. The van der Waals surface area contributed by atoms with Crippen LogP contribution in [-0.2, 0) is 0 Å². The Morgan fingerprint density at radius 3 is 1.88 bits per heavy atom. The number of thiophene rings is 1. The van der Waals surface area contributed by atoms with E-state index in [2.05, 4.69) is 167 Å². The van der Waals surface area contributed by atoms with Crippen molar-refractivity contribution in [1.29, 1.82) is 0 Å². The van der Waals surface area contributed by atoms with Crippen LogP contribution in [0.25, 0.3) is 58.4 Å². The van der Waals surface area contributed by atoms with E-state index in [0.717, 1.165) is 22.7 Å². The van der Waals surface area contributed by atoms with Gasteiger partial charge in [0.2, 0.25) is 0 Å². The molecule has 2 heterocycles. The Hall–Kier alpha value is -5.38. The van der Waals surface area contributed by atoms with Gasteiger partial charge in [-0.3, -0.25) is 0 Å². The van der Waals surface area contributed by atoms with Crippen LogP contribution in [0.1, 0.15) is 0 Å².